The lowest BCUT2D eigenvalue weighted by atomic mass is 9.83. The van der Waals surface area contributed by atoms with Crippen molar-refractivity contribution in [3.8, 4) is 11.1 Å². The second-order valence-corrected chi connectivity index (χ2v) is 17.2. The zero-order chi connectivity index (χ0) is 44.7. The van der Waals surface area contributed by atoms with Crippen molar-refractivity contribution in [1.29, 1.82) is 0 Å². The molecule has 0 saturated carbocycles. The molecule has 4 rings (SSSR count). The number of hydrogen-bond acceptors (Lipinski definition) is 9. The Bertz CT molecular complexity index is 2070. The fourth-order valence-electron chi connectivity index (χ4n) is 7.23. The predicted molar refractivity (Wildman–Crippen MR) is 228 cm³/mol. The first-order valence-electron chi connectivity index (χ1n) is 20.3. The number of ketones is 2. The number of thioether (sulfide) groups is 1. The van der Waals surface area contributed by atoms with Crippen LogP contribution in [0.5, 0.6) is 0 Å². The number of carboxylic acids is 1. The molecule has 2 aromatic carbocycles. The normalized spacial score (nSPS) is 13.6. The number of imide groups is 1. The lowest BCUT2D eigenvalue weighted by Crippen LogP contribution is -2.44. The number of nitrogens with one attached hydrogen (secondary N) is 1. The molecular weight excluding hydrogens is 809 g/mol. The Morgan fingerprint density at radius 3 is 2.30 bits per heavy atom. The summed E-state index contributed by atoms with van der Waals surface area (Å²) in [6, 6.07) is 14.3. The highest BCUT2D eigenvalue weighted by molar-refractivity contribution is 7.99. The van der Waals surface area contributed by atoms with Gasteiger partial charge in [-0.1, -0.05) is 51.1 Å². The Balaban J connectivity index is 1.41. The third kappa shape index (κ3) is 14.6. The Labute approximate surface area is 359 Å². The molecule has 2 heterocycles. The van der Waals surface area contributed by atoms with Crippen LogP contribution in [-0.4, -0.2) is 98.3 Å². The molecule has 0 radical (unpaired) electrons. The van der Waals surface area contributed by atoms with Crippen LogP contribution in [0.2, 0.25) is 0 Å². The van der Waals surface area contributed by atoms with E-state index in [-0.39, 0.29) is 79.6 Å². The minimum Gasteiger partial charge on any atom is -0.481 e. The van der Waals surface area contributed by atoms with E-state index in [4.69, 9.17) is 5.73 Å². The van der Waals surface area contributed by atoms with Gasteiger partial charge >= 0.3 is 5.97 Å². The number of halogens is 2. The van der Waals surface area contributed by atoms with E-state index in [1.54, 1.807) is 11.1 Å². The van der Waals surface area contributed by atoms with Crippen molar-refractivity contribution in [2.75, 3.05) is 37.7 Å². The van der Waals surface area contributed by atoms with Crippen LogP contribution in [0.4, 0.5) is 8.78 Å². The first kappa shape index (κ1) is 48.2. The van der Waals surface area contributed by atoms with Gasteiger partial charge in [0.2, 0.25) is 11.8 Å². The molecule has 0 fully saturated rings. The van der Waals surface area contributed by atoms with Gasteiger partial charge in [-0.05, 0) is 61.1 Å². The number of aliphatic carboxylic acids is 1. The lowest BCUT2D eigenvalue weighted by Gasteiger charge is -2.41. The number of carboxylic acid groups (broad SMARTS) is 1. The maximum atomic E-state index is 15.1. The summed E-state index contributed by atoms with van der Waals surface area (Å²) in [5.74, 6) is -5.34. The molecule has 3 aromatic rings. The van der Waals surface area contributed by atoms with Crippen LogP contribution in [0.3, 0.4) is 0 Å². The Hall–Kier alpha value is -5.48. The molecule has 1 aromatic heterocycles. The number of carbonyl (C=O) groups is 7. The van der Waals surface area contributed by atoms with Crippen molar-refractivity contribution < 1.29 is 47.4 Å². The largest absolute Gasteiger partial charge is 0.481 e. The Kier molecular flexibility index (Phi) is 18.1. The van der Waals surface area contributed by atoms with Crippen LogP contribution in [-0.2, 0) is 40.1 Å². The van der Waals surface area contributed by atoms with Crippen LogP contribution in [0.25, 0.3) is 11.1 Å². The van der Waals surface area contributed by atoms with E-state index in [1.807, 2.05) is 61.7 Å². The van der Waals surface area contributed by atoms with Gasteiger partial charge in [-0.3, -0.25) is 38.5 Å². The minimum absolute atomic E-state index is 0.0226. The van der Waals surface area contributed by atoms with Gasteiger partial charge in [0, 0.05) is 92.2 Å². The summed E-state index contributed by atoms with van der Waals surface area (Å²) in [4.78, 5) is 89.9. The van der Waals surface area contributed by atoms with Gasteiger partial charge in [-0.2, -0.15) is 11.8 Å². The number of rotatable bonds is 25. The number of aromatic nitrogens is 1. The topological polar surface area (TPSA) is 189 Å². The molecule has 0 aliphatic carbocycles. The third-order valence-corrected chi connectivity index (χ3v) is 11.2. The highest BCUT2D eigenvalue weighted by atomic mass is 32.2. The van der Waals surface area contributed by atoms with Crippen molar-refractivity contribution in [1.82, 2.24) is 19.7 Å². The standard InChI is InChI=1S/C45H55F2N5O8S/c1-45(2,3)44(37-24-32(35-25-33(46)13-14-36(35)47)27-50(37)26-30-9-5-4-6-10-30)51(21-8-19-48)42(58)29-61-22-18-34(53)23-31(12-17-43(59)60)38(54)11-7-20-49-39(55)28-52-40(56)15-16-41(52)57/h4-6,9-10,13-16,24-25,27,31,44H,7-8,11-12,17-23,26,28-29,48H2,1-3H3,(H,49,55)(H,59,60)/t31-,44+/m1/s1. The highest BCUT2D eigenvalue weighted by Gasteiger charge is 2.37. The van der Waals surface area contributed by atoms with Crippen molar-refractivity contribution in [2.45, 2.75) is 78.3 Å². The van der Waals surface area contributed by atoms with E-state index < -0.39 is 59.2 Å². The molecule has 4 N–H and O–H groups in total. The number of amides is 4. The third-order valence-electron chi connectivity index (χ3n) is 10.2. The summed E-state index contributed by atoms with van der Waals surface area (Å²) < 4.78 is 31.5. The molecule has 61 heavy (non-hydrogen) atoms. The number of Topliss-reactive ketones (excluding diaryl/α,β-unsaturated/α-hetero) is 2. The number of nitrogens with zero attached hydrogens (tertiary/aromatic N) is 3. The van der Waals surface area contributed by atoms with E-state index >= 15 is 4.39 Å². The van der Waals surface area contributed by atoms with E-state index in [1.165, 1.54) is 11.8 Å². The van der Waals surface area contributed by atoms with Gasteiger partial charge in [-0.25, -0.2) is 8.78 Å². The molecule has 4 amide bonds. The summed E-state index contributed by atoms with van der Waals surface area (Å²) in [7, 11) is 0. The van der Waals surface area contributed by atoms with E-state index in [0.717, 1.165) is 46.5 Å². The summed E-state index contributed by atoms with van der Waals surface area (Å²) in [6.45, 7) is 6.69. The molecule has 0 saturated heterocycles. The zero-order valence-corrected chi connectivity index (χ0v) is 35.7. The fourth-order valence-corrected chi connectivity index (χ4v) is 8.09. The summed E-state index contributed by atoms with van der Waals surface area (Å²) >= 11 is 1.26. The highest BCUT2D eigenvalue weighted by Crippen LogP contribution is 2.41. The van der Waals surface area contributed by atoms with Crippen molar-refractivity contribution in [3.05, 3.63) is 95.8 Å². The maximum Gasteiger partial charge on any atom is 0.303 e. The van der Waals surface area contributed by atoms with Crippen LogP contribution in [0.15, 0.2) is 72.9 Å². The monoisotopic (exact) mass is 863 g/mol. The second-order valence-electron chi connectivity index (χ2n) is 16.1. The number of nitrogens with two attached hydrogens (primary N) is 1. The Morgan fingerprint density at radius 1 is 0.934 bits per heavy atom. The molecule has 1 aliphatic rings. The van der Waals surface area contributed by atoms with Gasteiger partial charge in [0.25, 0.3) is 11.8 Å². The number of hydrogen-bond donors (Lipinski definition) is 3. The van der Waals surface area contributed by atoms with E-state index in [9.17, 15) is 43.1 Å². The average Bonchev–Trinajstić information content (AvgIpc) is 3.76. The SMILES string of the molecule is CC(C)(C)[C@H](c1cc(-c2cc(F)ccc2F)cn1Cc1ccccc1)N(CCCN)C(=O)CSCCC(=O)C[C@@H](CCC(=O)O)C(=O)CCCNC(=O)CN1C(=O)C=CC1=O. The molecule has 328 valence electrons. The average molecular weight is 864 g/mol. The molecule has 16 heteroatoms. The molecule has 1 aliphatic heterocycles. The fraction of sp³-hybridized carbons (Fsp3) is 0.444. The van der Waals surface area contributed by atoms with Crippen LogP contribution < -0.4 is 11.1 Å². The van der Waals surface area contributed by atoms with Gasteiger partial charge in [0.15, 0.2) is 0 Å². The molecule has 0 spiro atoms. The van der Waals surface area contributed by atoms with E-state index in [0.29, 0.717) is 31.6 Å². The number of carbonyl (C=O) groups excluding carboxylic acids is 6. The van der Waals surface area contributed by atoms with Crippen LogP contribution >= 0.6 is 11.8 Å². The molecule has 0 bridgehead atoms. The molecular formula is C45H55F2N5O8S. The first-order valence-corrected chi connectivity index (χ1v) is 21.5. The summed E-state index contributed by atoms with van der Waals surface area (Å²) in [5.41, 5.74) is 7.67. The van der Waals surface area contributed by atoms with Crippen molar-refractivity contribution in [2.24, 2.45) is 17.1 Å². The second kappa shape index (κ2) is 22.9. The van der Waals surface area contributed by atoms with Crippen molar-refractivity contribution in [3.63, 3.8) is 0 Å². The predicted octanol–water partition coefficient (Wildman–Crippen LogP) is 5.70. The van der Waals surface area contributed by atoms with Gasteiger partial charge in [0.1, 0.15) is 29.7 Å². The summed E-state index contributed by atoms with van der Waals surface area (Å²) in [5, 5.41) is 11.8. The van der Waals surface area contributed by atoms with Gasteiger partial charge in [0.05, 0.1) is 11.8 Å². The Morgan fingerprint density at radius 2 is 1.64 bits per heavy atom. The maximum absolute atomic E-state index is 15.1. The molecule has 0 unspecified atom stereocenters. The molecule has 13 nitrogen and oxygen atoms in total. The lowest BCUT2D eigenvalue weighted by molar-refractivity contribution is -0.141. The van der Waals surface area contributed by atoms with Crippen LogP contribution in [0.1, 0.15) is 83.0 Å². The quantitative estimate of drug-likeness (QED) is 0.0704. The zero-order valence-electron chi connectivity index (χ0n) is 34.9. The van der Waals surface area contributed by atoms with Crippen LogP contribution in [0, 0.1) is 23.0 Å². The number of benzene rings is 2. The first-order chi connectivity index (χ1) is 29.0. The smallest absolute Gasteiger partial charge is 0.303 e. The van der Waals surface area contributed by atoms with Gasteiger partial charge < -0.3 is 25.6 Å². The minimum atomic E-state index is -1.11. The van der Waals surface area contributed by atoms with Gasteiger partial charge in [-0.15, -0.1) is 0 Å². The van der Waals surface area contributed by atoms with Crippen molar-refractivity contribution >= 4 is 52.9 Å². The molecule has 2 atom stereocenters. The summed E-state index contributed by atoms with van der Waals surface area (Å²) in [6.07, 6.45) is 4.13. The van der Waals surface area contributed by atoms with E-state index in [2.05, 4.69) is 5.32 Å².